The zero-order chi connectivity index (χ0) is 26.5. The van der Waals surface area contributed by atoms with E-state index in [0.29, 0.717) is 34.2 Å². The second-order valence-electron chi connectivity index (χ2n) is 9.62. The molecule has 38 heavy (non-hydrogen) atoms. The summed E-state index contributed by atoms with van der Waals surface area (Å²) in [6, 6.07) is 22.2. The molecule has 198 valence electrons. The third-order valence-corrected chi connectivity index (χ3v) is 9.13. The molecule has 0 amide bonds. The average Bonchev–Trinajstić information content (AvgIpc) is 2.93. The summed E-state index contributed by atoms with van der Waals surface area (Å²) in [5.74, 6) is 2.15. The molecule has 1 aliphatic rings. The highest BCUT2D eigenvalue weighted by Gasteiger charge is 2.23. The van der Waals surface area contributed by atoms with E-state index < -0.39 is 10.0 Å². The molecule has 0 bridgehead atoms. The quantitative estimate of drug-likeness (QED) is 0.188. The topological polar surface area (TPSA) is 96.0 Å². The van der Waals surface area contributed by atoms with Gasteiger partial charge in [-0.25, -0.2) is 18.1 Å². The molecular formula is C28H29BrClN5O2S. The first-order valence-electron chi connectivity index (χ1n) is 12.6. The van der Waals surface area contributed by atoms with Crippen LogP contribution < -0.4 is 15.4 Å². The number of rotatable bonds is 9. The van der Waals surface area contributed by atoms with Crippen molar-refractivity contribution >= 4 is 65.9 Å². The number of nitrogens with one attached hydrogen (secondary N) is 3. The normalized spacial score (nSPS) is 17.8. The van der Waals surface area contributed by atoms with Crippen molar-refractivity contribution in [1.82, 2.24) is 14.7 Å². The van der Waals surface area contributed by atoms with Crippen molar-refractivity contribution in [3.05, 3.63) is 82.3 Å². The van der Waals surface area contributed by atoms with Crippen LogP contribution in [0.2, 0.25) is 5.02 Å². The number of para-hydroxylation sites is 1. The Balaban J connectivity index is 1.16. The molecule has 0 spiro atoms. The summed E-state index contributed by atoms with van der Waals surface area (Å²) in [6.45, 7) is 1.24. The van der Waals surface area contributed by atoms with Crippen molar-refractivity contribution in [2.45, 2.75) is 30.6 Å². The van der Waals surface area contributed by atoms with E-state index in [2.05, 4.69) is 31.3 Å². The van der Waals surface area contributed by atoms with Crippen LogP contribution in [0.4, 0.5) is 17.5 Å². The number of anilines is 3. The van der Waals surface area contributed by atoms with Crippen LogP contribution in [0.1, 0.15) is 25.7 Å². The number of sulfonamides is 1. The lowest BCUT2D eigenvalue weighted by atomic mass is 9.82. The second kappa shape index (κ2) is 12.0. The molecule has 0 atom stereocenters. The first-order valence-corrected chi connectivity index (χ1v) is 15.3. The van der Waals surface area contributed by atoms with Crippen molar-refractivity contribution in [3.63, 3.8) is 0 Å². The van der Waals surface area contributed by atoms with Crippen molar-refractivity contribution in [2.24, 2.45) is 11.8 Å². The average molecular weight is 615 g/mol. The van der Waals surface area contributed by atoms with Gasteiger partial charge in [0, 0.05) is 33.7 Å². The monoisotopic (exact) mass is 613 g/mol. The van der Waals surface area contributed by atoms with Crippen molar-refractivity contribution < 1.29 is 8.42 Å². The molecule has 3 N–H and O–H groups in total. The Morgan fingerprint density at radius 1 is 0.842 bits per heavy atom. The molecule has 0 unspecified atom stereocenters. The predicted molar refractivity (Wildman–Crippen MR) is 158 cm³/mol. The SMILES string of the molecule is O=S(=O)(NCC1CCC(CNc2nc(Nc3ccc(Cl)cc3)c3ccccc3n2)CC1)c1ccc(Br)cc1. The summed E-state index contributed by atoms with van der Waals surface area (Å²) < 4.78 is 28.8. The molecule has 0 radical (unpaired) electrons. The number of nitrogens with zero attached hydrogens (tertiary/aromatic N) is 2. The van der Waals surface area contributed by atoms with Gasteiger partial charge in [0.1, 0.15) is 5.82 Å². The number of aromatic nitrogens is 2. The van der Waals surface area contributed by atoms with E-state index in [1.807, 2.05) is 48.5 Å². The van der Waals surface area contributed by atoms with Gasteiger partial charge in [-0.3, -0.25) is 0 Å². The minimum atomic E-state index is -3.50. The molecule has 1 aliphatic carbocycles. The number of hydrogen-bond donors (Lipinski definition) is 3. The number of fused-ring (bicyclic) bond motifs is 1. The molecule has 10 heteroatoms. The van der Waals surface area contributed by atoms with Crippen LogP contribution in [0.3, 0.4) is 0 Å². The Labute approximate surface area is 236 Å². The van der Waals surface area contributed by atoms with Crippen molar-refractivity contribution in [3.8, 4) is 0 Å². The van der Waals surface area contributed by atoms with Crippen molar-refractivity contribution in [2.75, 3.05) is 23.7 Å². The van der Waals surface area contributed by atoms with Crippen LogP contribution in [0.15, 0.2) is 82.2 Å². The molecule has 3 aromatic carbocycles. The lowest BCUT2D eigenvalue weighted by Crippen LogP contribution is -2.32. The van der Waals surface area contributed by atoms with E-state index in [1.54, 1.807) is 24.3 Å². The maximum absolute atomic E-state index is 12.6. The Bertz CT molecular complexity index is 1490. The summed E-state index contributed by atoms with van der Waals surface area (Å²) in [4.78, 5) is 9.77. The Kier molecular flexibility index (Phi) is 8.48. The molecule has 7 nitrogen and oxygen atoms in total. The molecule has 0 aliphatic heterocycles. The minimum absolute atomic E-state index is 0.291. The summed E-state index contributed by atoms with van der Waals surface area (Å²) >= 11 is 9.37. The summed E-state index contributed by atoms with van der Waals surface area (Å²) in [6.07, 6.45) is 4.02. The lowest BCUT2D eigenvalue weighted by molar-refractivity contribution is 0.284. The van der Waals surface area contributed by atoms with E-state index in [9.17, 15) is 8.42 Å². The molecule has 1 aromatic heterocycles. The van der Waals surface area contributed by atoms with Gasteiger partial charge in [0.25, 0.3) is 0 Å². The minimum Gasteiger partial charge on any atom is -0.354 e. The van der Waals surface area contributed by atoms with Crippen LogP contribution in [0.5, 0.6) is 0 Å². The van der Waals surface area contributed by atoms with Gasteiger partial charge in [-0.15, -0.1) is 0 Å². The van der Waals surface area contributed by atoms with Gasteiger partial charge >= 0.3 is 0 Å². The highest BCUT2D eigenvalue weighted by Crippen LogP contribution is 2.30. The smallest absolute Gasteiger partial charge is 0.240 e. The maximum Gasteiger partial charge on any atom is 0.240 e. The van der Waals surface area contributed by atoms with Gasteiger partial charge in [-0.05, 0) is 98.2 Å². The van der Waals surface area contributed by atoms with Crippen LogP contribution >= 0.6 is 27.5 Å². The standard InChI is InChI=1S/C28H29BrClN5O2S/c29-21-9-15-24(16-10-21)38(36,37)32-18-20-7-5-19(6-8-20)17-31-28-34-26-4-2-1-3-25(26)27(35-28)33-23-13-11-22(30)12-14-23/h1-4,9-16,19-20,32H,5-8,17-18H2,(H2,31,33,34,35). The van der Waals surface area contributed by atoms with Gasteiger partial charge < -0.3 is 10.6 Å². The Morgan fingerprint density at radius 3 is 2.21 bits per heavy atom. The Morgan fingerprint density at radius 2 is 1.50 bits per heavy atom. The first kappa shape index (κ1) is 26.9. The van der Waals surface area contributed by atoms with Gasteiger partial charge in [0.05, 0.1) is 10.4 Å². The van der Waals surface area contributed by atoms with Gasteiger partial charge in [-0.1, -0.05) is 39.7 Å². The van der Waals surface area contributed by atoms with Crippen LogP contribution in [0, 0.1) is 11.8 Å². The fourth-order valence-corrected chi connectivity index (χ4v) is 6.23. The predicted octanol–water partition coefficient (Wildman–Crippen LogP) is 6.99. The van der Waals surface area contributed by atoms with E-state index >= 15 is 0 Å². The summed E-state index contributed by atoms with van der Waals surface area (Å²) in [5.41, 5.74) is 1.77. The lowest BCUT2D eigenvalue weighted by Gasteiger charge is -2.28. The van der Waals surface area contributed by atoms with Crippen LogP contribution in [-0.2, 0) is 10.0 Å². The number of benzene rings is 3. The molecular weight excluding hydrogens is 586 g/mol. The zero-order valence-corrected chi connectivity index (χ0v) is 23.9. The maximum atomic E-state index is 12.6. The fraction of sp³-hybridized carbons (Fsp3) is 0.286. The van der Waals surface area contributed by atoms with Crippen LogP contribution in [-0.4, -0.2) is 31.5 Å². The third kappa shape index (κ3) is 6.83. The van der Waals surface area contributed by atoms with Crippen molar-refractivity contribution in [1.29, 1.82) is 0 Å². The van der Waals surface area contributed by atoms with Crippen LogP contribution in [0.25, 0.3) is 10.9 Å². The largest absolute Gasteiger partial charge is 0.354 e. The molecule has 4 aromatic rings. The second-order valence-corrected chi connectivity index (χ2v) is 12.7. The highest BCUT2D eigenvalue weighted by atomic mass is 79.9. The first-order chi connectivity index (χ1) is 18.4. The van der Waals surface area contributed by atoms with E-state index in [0.717, 1.165) is 59.1 Å². The van der Waals surface area contributed by atoms with Gasteiger partial charge in [0.2, 0.25) is 16.0 Å². The highest BCUT2D eigenvalue weighted by molar-refractivity contribution is 9.10. The molecule has 5 rings (SSSR count). The molecule has 1 heterocycles. The zero-order valence-electron chi connectivity index (χ0n) is 20.7. The molecule has 1 saturated carbocycles. The number of hydrogen-bond acceptors (Lipinski definition) is 6. The third-order valence-electron chi connectivity index (χ3n) is 6.91. The van der Waals surface area contributed by atoms with E-state index in [4.69, 9.17) is 21.6 Å². The van der Waals surface area contributed by atoms with Gasteiger partial charge in [0.15, 0.2) is 0 Å². The van der Waals surface area contributed by atoms with E-state index in [-0.39, 0.29) is 0 Å². The molecule has 0 saturated heterocycles. The Hall–Kier alpha value is -2.72. The van der Waals surface area contributed by atoms with Gasteiger partial charge in [-0.2, -0.15) is 4.98 Å². The molecule has 1 fully saturated rings. The fourth-order valence-electron chi connectivity index (χ4n) is 4.72. The van der Waals surface area contributed by atoms with E-state index in [1.165, 1.54) is 0 Å². The summed E-state index contributed by atoms with van der Waals surface area (Å²) in [7, 11) is -3.50. The summed E-state index contributed by atoms with van der Waals surface area (Å²) in [5, 5.41) is 8.46. The number of halogens is 2.